The SMILES string of the molecule is CCc1c(-c2ccc(-c3ccccc3)cc2)[nH]cnc1=S. The van der Waals surface area contributed by atoms with Gasteiger partial charge in [-0.3, -0.25) is 0 Å². The van der Waals surface area contributed by atoms with Gasteiger partial charge in [-0.25, -0.2) is 4.98 Å². The van der Waals surface area contributed by atoms with Gasteiger partial charge < -0.3 is 4.98 Å². The van der Waals surface area contributed by atoms with Crippen molar-refractivity contribution in [3.63, 3.8) is 0 Å². The molecule has 1 N–H and O–H groups in total. The van der Waals surface area contributed by atoms with Crippen LogP contribution in [-0.2, 0) is 6.42 Å². The third-order valence-corrected chi connectivity index (χ3v) is 3.94. The van der Waals surface area contributed by atoms with Crippen molar-refractivity contribution in [3.05, 3.63) is 71.1 Å². The summed E-state index contributed by atoms with van der Waals surface area (Å²) in [6, 6.07) is 18.9. The van der Waals surface area contributed by atoms with Crippen molar-refractivity contribution in [2.45, 2.75) is 13.3 Å². The van der Waals surface area contributed by atoms with E-state index in [0.717, 1.165) is 23.2 Å². The smallest absolute Gasteiger partial charge is 0.133 e. The van der Waals surface area contributed by atoms with Crippen LogP contribution in [0.25, 0.3) is 22.4 Å². The Morgan fingerprint density at radius 2 is 1.52 bits per heavy atom. The average Bonchev–Trinajstić information content (AvgIpc) is 2.55. The first-order valence-electron chi connectivity index (χ1n) is 7.02. The van der Waals surface area contributed by atoms with Gasteiger partial charge >= 0.3 is 0 Å². The highest BCUT2D eigenvalue weighted by Gasteiger charge is 2.06. The molecule has 0 saturated heterocycles. The predicted octanol–water partition coefficient (Wildman–Crippen LogP) is 5.04. The zero-order valence-electron chi connectivity index (χ0n) is 11.8. The molecule has 21 heavy (non-hydrogen) atoms. The van der Waals surface area contributed by atoms with Gasteiger partial charge in [-0.15, -0.1) is 0 Å². The standard InChI is InChI=1S/C18H16N2S/c1-2-16-17(19-12-20-18(16)21)15-10-8-14(9-11-15)13-6-4-3-5-7-13/h3-12H,2H2,1H3,(H,19,20,21). The molecule has 3 aromatic rings. The van der Waals surface area contributed by atoms with Crippen LogP contribution < -0.4 is 0 Å². The van der Waals surface area contributed by atoms with Crippen LogP contribution in [0, 0.1) is 4.64 Å². The zero-order chi connectivity index (χ0) is 14.7. The fraction of sp³-hybridized carbons (Fsp3) is 0.111. The molecule has 0 spiro atoms. The maximum absolute atomic E-state index is 5.31. The minimum atomic E-state index is 0.679. The molecule has 0 atom stereocenters. The number of nitrogens with zero attached hydrogens (tertiary/aromatic N) is 1. The summed E-state index contributed by atoms with van der Waals surface area (Å²) in [5.74, 6) is 0. The van der Waals surface area contributed by atoms with E-state index in [1.54, 1.807) is 6.33 Å². The van der Waals surface area contributed by atoms with E-state index in [0.29, 0.717) is 4.64 Å². The van der Waals surface area contributed by atoms with Gasteiger partial charge in [-0.1, -0.05) is 73.7 Å². The lowest BCUT2D eigenvalue weighted by Gasteiger charge is -2.09. The van der Waals surface area contributed by atoms with Crippen LogP contribution in [0.4, 0.5) is 0 Å². The molecule has 0 bridgehead atoms. The second-order valence-corrected chi connectivity index (χ2v) is 5.24. The van der Waals surface area contributed by atoms with Crippen molar-refractivity contribution < 1.29 is 0 Å². The highest BCUT2D eigenvalue weighted by Crippen LogP contribution is 2.26. The van der Waals surface area contributed by atoms with Crippen molar-refractivity contribution in [1.82, 2.24) is 9.97 Å². The second kappa shape index (κ2) is 6.02. The fourth-order valence-electron chi connectivity index (χ4n) is 2.47. The Balaban J connectivity index is 2.03. The summed E-state index contributed by atoms with van der Waals surface area (Å²) in [4.78, 5) is 7.39. The Morgan fingerprint density at radius 1 is 0.905 bits per heavy atom. The monoisotopic (exact) mass is 292 g/mol. The van der Waals surface area contributed by atoms with Crippen LogP contribution in [0.1, 0.15) is 12.5 Å². The Morgan fingerprint density at radius 3 is 2.19 bits per heavy atom. The third kappa shape index (κ3) is 2.78. The number of hydrogen-bond donors (Lipinski definition) is 1. The molecule has 0 aliphatic heterocycles. The lowest BCUT2D eigenvalue weighted by molar-refractivity contribution is 1.04. The average molecular weight is 292 g/mol. The zero-order valence-corrected chi connectivity index (χ0v) is 12.7. The fourth-order valence-corrected chi connectivity index (χ4v) is 2.77. The second-order valence-electron chi connectivity index (χ2n) is 4.86. The normalized spacial score (nSPS) is 10.5. The number of H-pyrrole nitrogens is 1. The van der Waals surface area contributed by atoms with Crippen LogP contribution in [0.3, 0.4) is 0 Å². The molecule has 104 valence electrons. The van der Waals surface area contributed by atoms with E-state index in [4.69, 9.17) is 12.2 Å². The van der Waals surface area contributed by atoms with Crippen molar-refractivity contribution in [2.24, 2.45) is 0 Å². The summed E-state index contributed by atoms with van der Waals surface area (Å²) in [6.45, 7) is 2.10. The van der Waals surface area contributed by atoms with Crippen molar-refractivity contribution in [2.75, 3.05) is 0 Å². The molecule has 0 aliphatic carbocycles. The number of aromatic amines is 1. The molecule has 0 saturated carbocycles. The van der Waals surface area contributed by atoms with E-state index in [-0.39, 0.29) is 0 Å². The molecule has 2 nitrogen and oxygen atoms in total. The maximum Gasteiger partial charge on any atom is 0.133 e. The first-order valence-corrected chi connectivity index (χ1v) is 7.43. The molecule has 3 heteroatoms. The molecule has 1 aromatic heterocycles. The number of aromatic nitrogens is 2. The van der Waals surface area contributed by atoms with Crippen LogP contribution in [0.15, 0.2) is 60.9 Å². The molecule has 0 aliphatic rings. The van der Waals surface area contributed by atoms with Gasteiger partial charge in [0.25, 0.3) is 0 Å². The summed E-state index contributed by atoms with van der Waals surface area (Å²) in [5, 5.41) is 0. The minimum Gasteiger partial charge on any atom is -0.346 e. The van der Waals surface area contributed by atoms with Gasteiger partial charge in [0.05, 0.1) is 12.0 Å². The van der Waals surface area contributed by atoms with E-state index in [9.17, 15) is 0 Å². The lowest BCUT2D eigenvalue weighted by atomic mass is 10.0. The largest absolute Gasteiger partial charge is 0.346 e. The van der Waals surface area contributed by atoms with E-state index < -0.39 is 0 Å². The van der Waals surface area contributed by atoms with Crippen molar-refractivity contribution >= 4 is 12.2 Å². The van der Waals surface area contributed by atoms with Crippen LogP contribution >= 0.6 is 12.2 Å². The molecule has 2 aromatic carbocycles. The summed E-state index contributed by atoms with van der Waals surface area (Å²) >= 11 is 5.31. The molecule has 3 rings (SSSR count). The Labute approximate surface area is 129 Å². The van der Waals surface area contributed by atoms with Crippen LogP contribution in [-0.4, -0.2) is 9.97 Å². The van der Waals surface area contributed by atoms with Gasteiger partial charge in [0, 0.05) is 5.56 Å². The number of hydrogen-bond acceptors (Lipinski definition) is 2. The lowest BCUT2D eigenvalue weighted by Crippen LogP contribution is -1.95. The molecule has 0 amide bonds. The highest BCUT2D eigenvalue weighted by molar-refractivity contribution is 7.71. The summed E-state index contributed by atoms with van der Waals surface area (Å²) in [6.07, 6.45) is 2.54. The Bertz CT molecular complexity index is 789. The van der Waals surface area contributed by atoms with Crippen molar-refractivity contribution in [1.29, 1.82) is 0 Å². The van der Waals surface area contributed by atoms with Gasteiger partial charge in [0.15, 0.2) is 0 Å². The Kier molecular flexibility index (Phi) is 3.93. The first-order chi connectivity index (χ1) is 10.3. The molecule has 0 radical (unpaired) electrons. The number of benzene rings is 2. The van der Waals surface area contributed by atoms with Gasteiger partial charge in [-0.05, 0) is 23.1 Å². The molecular formula is C18H16N2S. The number of nitrogens with one attached hydrogen (secondary N) is 1. The van der Waals surface area contributed by atoms with E-state index >= 15 is 0 Å². The van der Waals surface area contributed by atoms with Gasteiger partial charge in [-0.2, -0.15) is 0 Å². The molecule has 0 unspecified atom stereocenters. The minimum absolute atomic E-state index is 0.679. The quantitative estimate of drug-likeness (QED) is 0.685. The maximum atomic E-state index is 5.31. The summed E-state index contributed by atoms with van der Waals surface area (Å²) in [7, 11) is 0. The highest BCUT2D eigenvalue weighted by atomic mass is 32.1. The summed E-state index contributed by atoms with van der Waals surface area (Å²) < 4.78 is 0.679. The third-order valence-electron chi connectivity index (χ3n) is 3.58. The van der Waals surface area contributed by atoms with Crippen molar-refractivity contribution in [3.8, 4) is 22.4 Å². The molecule has 1 heterocycles. The topological polar surface area (TPSA) is 28.7 Å². The van der Waals surface area contributed by atoms with E-state index in [1.807, 2.05) is 6.07 Å². The van der Waals surface area contributed by atoms with Crippen LogP contribution in [0.5, 0.6) is 0 Å². The number of rotatable bonds is 3. The Hall–Kier alpha value is -2.26. The van der Waals surface area contributed by atoms with Gasteiger partial charge in [0.1, 0.15) is 4.64 Å². The molecule has 0 fully saturated rings. The predicted molar refractivity (Wildman–Crippen MR) is 89.7 cm³/mol. The van der Waals surface area contributed by atoms with Crippen LogP contribution in [0.2, 0.25) is 0 Å². The summed E-state index contributed by atoms with van der Waals surface area (Å²) in [5.41, 5.74) is 5.74. The van der Waals surface area contributed by atoms with E-state index in [1.165, 1.54) is 11.1 Å². The molecular weight excluding hydrogens is 276 g/mol. The van der Waals surface area contributed by atoms with Gasteiger partial charge in [0.2, 0.25) is 0 Å². The first kappa shape index (κ1) is 13.7. The van der Waals surface area contributed by atoms with E-state index in [2.05, 4.69) is 65.4 Å².